The zero-order valence-corrected chi connectivity index (χ0v) is 29.8. The monoisotopic (exact) mass is 691 g/mol. The van der Waals surface area contributed by atoms with Crippen molar-refractivity contribution in [2.45, 2.75) is 19.3 Å². The maximum absolute atomic E-state index is 5.16. The lowest BCUT2D eigenvalue weighted by Gasteiger charge is -2.22. The van der Waals surface area contributed by atoms with Crippen molar-refractivity contribution in [3.8, 4) is 51.0 Å². The van der Waals surface area contributed by atoms with Gasteiger partial charge < -0.3 is 0 Å². The van der Waals surface area contributed by atoms with Crippen LogP contribution >= 0.6 is 0 Å². The molecule has 7 aromatic carbocycles. The minimum absolute atomic E-state index is 0.211. The molecule has 1 aliphatic rings. The molecule has 0 unspecified atom stereocenters. The standard InChI is InChI=1S/C49H33N5/c1-49(2)42-24-21-36(28-41(42)38-23-22-37(29-43(38)49)54-44-16-8-7-14-39(44)40-15-9-25-50-48(40)54)47-52-45(34-19-17-30-10-3-5-12-32(30)26-34)51-46(53-47)35-20-18-31-11-4-6-13-33(31)27-35/h3-29H,1-2H3. The molecule has 1 aliphatic carbocycles. The van der Waals surface area contributed by atoms with Crippen LogP contribution in [0.1, 0.15) is 25.0 Å². The van der Waals surface area contributed by atoms with Crippen LogP contribution in [0.25, 0.3) is 94.5 Å². The van der Waals surface area contributed by atoms with Crippen molar-refractivity contribution >= 4 is 43.5 Å². The largest absolute Gasteiger partial charge is 0.294 e. The normalized spacial score (nSPS) is 13.1. The highest BCUT2D eigenvalue weighted by Crippen LogP contribution is 2.50. The first-order valence-electron chi connectivity index (χ1n) is 18.4. The fraction of sp³-hybridized carbons (Fsp3) is 0.0612. The summed E-state index contributed by atoms with van der Waals surface area (Å²) in [6.07, 6.45) is 1.88. The van der Waals surface area contributed by atoms with Gasteiger partial charge in [0.05, 0.1) is 5.52 Å². The smallest absolute Gasteiger partial charge is 0.164 e. The van der Waals surface area contributed by atoms with Crippen molar-refractivity contribution in [1.82, 2.24) is 24.5 Å². The van der Waals surface area contributed by atoms with E-state index >= 15 is 0 Å². The molecule has 0 spiro atoms. The van der Waals surface area contributed by atoms with E-state index in [0.717, 1.165) is 49.7 Å². The van der Waals surface area contributed by atoms with Gasteiger partial charge >= 0.3 is 0 Å². The van der Waals surface area contributed by atoms with E-state index in [1.165, 1.54) is 38.4 Å². The van der Waals surface area contributed by atoms with Crippen molar-refractivity contribution in [1.29, 1.82) is 0 Å². The Kier molecular flexibility index (Phi) is 6.53. The lowest BCUT2D eigenvalue weighted by molar-refractivity contribution is 0.660. The van der Waals surface area contributed by atoms with E-state index in [0.29, 0.717) is 17.5 Å². The third-order valence-electron chi connectivity index (χ3n) is 11.3. The van der Waals surface area contributed by atoms with Crippen LogP contribution in [0.5, 0.6) is 0 Å². The van der Waals surface area contributed by atoms with Crippen LogP contribution in [0.4, 0.5) is 0 Å². The first-order chi connectivity index (χ1) is 26.5. The predicted octanol–water partition coefficient (Wildman–Crippen LogP) is 12.0. The number of pyridine rings is 1. The van der Waals surface area contributed by atoms with E-state index in [2.05, 4.69) is 170 Å². The molecule has 3 heterocycles. The molecule has 0 bridgehead atoms. The van der Waals surface area contributed by atoms with Gasteiger partial charge in [0, 0.05) is 44.8 Å². The number of aromatic nitrogens is 5. The minimum atomic E-state index is -0.211. The SMILES string of the molecule is CC1(C)c2ccc(-c3nc(-c4ccc5ccccc5c4)nc(-c4ccc5ccccc5c4)n3)cc2-c2ccc(-n3c4ccccc4c4cccnc43)cc21. The van der Waals surface area contributed by atoms with Crippen molar-refractivity contribution in [3.63, 3.8) is 0 Å². The average Bonchev–Trinajstić information content (AvgIpc) is 3.68. The molecule has 0 saturated heterocycles. The van der Waals surface area contributed by atoms with Gasteiger partial charge in [-0.25, -0.2) is 19.9 Å². The highest BCUT2D eigenvalue weighted by Gasteiger charge is 2.36. The Balaban J connectivity index is 1.07. The Hall–Kier alpha value is -6.98. The van der Waals surface area contributed by atoms with Gasteiger partial charge in [0.2, 0.25) is 0 Å². The number of nitrogens with zero attached hydrogens (tertiary/aromatic N) is 5. The Labute approximate surface area is 312 Å². The average molecular weight is 692 g/mol. The zero-order chi connectivity index (χ0) is 36.0. The number of para-hydroxylation sites is 1. The molecule has 0 N–H and O–H groups in total. The molecular formula is C49H33N5. The van der Waals surface area contributed by atoms with Crippen molar-refractivity contribution < 1.29 is 0 Å². The summed E-state index contributed by atoms with van der Waals surface area (Å²) < 4.78 is 2.29. The fourth-order valence-electron chi connectivity index (χ4n) is 8.50. The molecule has 11 rings (SSSR count). The van der Waals surface area contributed by atoms with E-state index in [4.69, 9.17) is 19.9 Å². The van der Waals surface area contributed by atoms with Gasteiger partial charge in [-0.05, 0) is 92.3 Å². The van der Waals surface area contributed by atoms with E-state index in [-0.39, 0.29) is 5.41 Å². The van der Waals surface area contributed by atoms with Gasteiger partial charge in [0.15, 0.2) is 17.5 Å². The Morgan fingerprint density at radius 1 is 0.444 bits per heavy atom. The Morgan fingerprint density at radius 2 is 1.02 bits per heavy atom. The van der Waals surface area contributed by atoms with E-state index in [9.17, 15) is 0 Å². The van der Waals surface area contributed by atoms with E-state index in [1.54, 1.807) is 0 Å². The highest BCUT2D eigenvalue weighted by atomic mass is 15.0. The third kappa shape index (κ3) is 4.65. The molecule has 0 fully saturated rings. The zero-order valence-electron chi connectivity index (χ0n) is 29.8. The number of fused-ring (bicyclic) bond motifs is 8. The van der Waals surface area contributed by atoms with Crippen LogP contribution in [0.15, 0.2) is 164 Å². The van der Waals surface area contributed by atoms with Crippen molar-refractivity contribution in [2.75, 3.05) is 0 Å². The summed E-state index contributed by atoms with van der Waals surface area (Å²) in [5.41, 5.74) is 10.9. The predicted molar refractivity (Wildman–Crippen MR) is 221 cm³/mol. The second kappa shape index (κ2) is 11.5. The number of rotatable bonds is 4. The second-order valence-electron chi connectivity index (χ2n) is 14.8. The quantitative estimate of drug-likeness (QED) is 0.184. The van der Waals surface area contributed by atoms with E-state index in [1.807, 2.05) is 12.3 Å². The lowest BCUT2D eigenvalue weighted by atomic mass is 9.82. The molecule has 0 atom stereocenters. The maximum Gasteiger partial charge on any atom is 0.164 e. The second-order valence-corrected chi connectivity index (χ2v) is 14.8. The third-order valence-corrected chi connectivity index (χ3v) is 11.3. The summed E-state index contributed by atoms with van der Waals surface area (Å²) in [6.45, 7) is 4.65. The molecular weight excluding hydrogens is 659 g/mol. The van der Waals surface area contributed by atoms with Crippen LogP contribution in [-0.4, -0.2) is 24.5 Å². The number of benzene rings is 7. The van der Waals surface area contributed by atoms with Gasteiger partial charge in [0.1, 0.15) is 5.65 Å². The van der Waals surface area contributed by atoms with Crippen LogP contribution in [-0.2, 0) is 5.41 Å². The fourth-order valence-corrected chi connectivity index (χ4v) is 8.50. The van der Waals surface area contributed by atoms with Gasteiger partial charge in [-0.2, -0.15) is 0 Å². The molecule has 3 aromatic heterocycles. The maximum atomic E-state index is 5.16. The van der Waals surface area contributed by atoms with Crippen molar-refractivity contribution in [3.05, 3.63) is 175 Å². The van der Waals surface area contributed by atoms with Gasteiger partial charge in [0.25, 0.3) is 0 Å². The highest BCUT2D eigenvalue weighted by molar-refractivity contribution is 6.08. The minimum Gasteiger partial charge on any atom is -0.294 e. The topological polar surface area (TPSA) is 56.5 Å². The molecule has 10 aromatic rings. The van der Waals surface area contributed by atoms with Gasteiger partial charge in [-0.15, -0.1) is 0 Å². The molecule has 54 heavy (non-hydrogen) atoms. The number of hydrogen-bond acceptors (Lipinski definition) is 4. The Morgan fingerprint density at radius 3 is 1.70 bits per heavy atom. The lowest BCUT2D eigenvalue weighted by Crippen LogP contribution is -2.15. The molecule has 0 saturated carbocycles. The summed E-state index contributed by atoms with van der Waals surface area (Å²) in [4.78, 5) is 20.3. The Bertz CT molecular complexity index is 3000. The molecule has 0 radical (unpaired) electrons. The first kappa shape index (κ1) is 30.6. The molecule has 254 valence electrons. The molecule has 0 aliphatic heterocycles. The number of hydrogen-bond donors (Lipinski definition) is 0. The van der Waals surface area contributed by atoms with Crippen LogP contribution in [0, 0.1) is 0 Å². The van der Waals surface area contributed by atoms with Crippen LogP contribution in [0.2, 0.25) is 0 Å². The molecule has 5 heteroatoms. The van der Waals surface area contributed by atoms with Crippen LogP contribution in [0.3, 0.4) is 0 Å². The van der Waals surface area contributed by atoms with Crippen molar-refractivity contribution in [2.24, 2.45) is 0 Å². The van der Waals surface area contributed by atoms with Gasteiger partial charge in [-0.1, -0.05) is 123 Å². The summed E-state index contributed by atoms with van der Waals surface area (Å²) in [5.74, 6) is 1.96. The summed E-state index contributed by atoms with van der Waals surface area (Å²) in [5, 5.41) is 7.03. The molecule has 0 amide bonds. The first-order valence-corrected chi connectivity index (χ1v) is 18.4. The summed E-state index contributed by atoms with van der Waals surface area (Å²) >= 11 is 0. The van der Waals surface area contributed by atoms with E-state index < -0.39 is 0 Å². The summed E-state index contributed by atoms with van der Waals surface area (Å²) in [6, 6.07) is 56.0. The summed E-state index contributed by atoms with van der Waals surface area (Å²) in [7, 11) is 0. The molecule has 5 nitrogen and oxygen atoms in total. The van der Waals surface area contributed by atoms with Gasteiger partial charge in [-0.3, -0.25) is 4.57 Å². The van der Waals surface area contributed by atoms with Crippen LogP contribution < -0.4 is 0 Å².